The number of aromatic amines is 1. The summed E-state index contributed by atoms with van der Waals surface area (Å²) < 4.78 is 10.3. The first-order valence-corrected chi connectivity index (χ1v) is 7.67. The maximum absolute atomic E-state index is 11.5. The number of ether oxygens (including phenoxy) is 2. The predicted molar refractivity (Wildman–Crippen MR) is 98.0 cm³/mol. The first-order chi connectivity index (χ1) is 12.6. The van der Waals surface area contributed by atoms with Crippen molar-refractivity contribution in [2.24, 2.45) is 0 Å². The van der Waals surface area contributed by atoms with E-state index in [1.165, 1.54) is 26.4 Å². The molecule has 0 amide bonds. The van der Waals surface area contributed by atoms with Crippen LogP contribution in [0.25, 0.3) is 22.6 Å². The van der Waals surface area contributed by atoms with E-state index in [0.29, 0.717) is 5.75 Å². The zero-order valence-corrected chi connectivity index (χ0v) is 14.1. The van der Waals surface area contributed by atoms with E-state index in [9.17, 15) is 15.4 Å². The highest BCUT2D eigenvalue weighted by Gasteiger charge is 2.22. The van der Waals surface area contributed by atoms with Gasteiger partial charge in [-0.1, -0.05) is 18.2 Å². The van der Waals surface area contributed by atoms with Gasteiger partial charge in [-0.15, -0.1) is 0 Å². The number of allylic oxidation sites excluding steroid dienone is 1. The lowest BCUT2D eigenvalue weighted by atomic mass is 10.0. The number of methoxy groups -OCH3 is 2. The van der Waals surface area contributed by atoms with Crippen LogP contribution in [0.15, 0.2) is 42.6 Å². The third-order valence-corrected chi connectivity index (χ3v) is 4.03. The summed E-state index contributed by atoms with van der Waals surface area (Å²) in [6.45, 7) is 0. The van der Waals surface area contributed by atoms with Crippen LogP contribution >= 0.6 is 0 Å². The number of hydrogen-bond acceptors (Lipinski definition) is 5. The second-order valence-corrected chi connectivity index (χ2v) is 5.44. The monoisotopic (exact) mass is 349 g/mol. The SMILES string of the molecule is COc1cc(/C(C#N)=C/c2c[nH]c3ccccc23)c([N+](=O)[O-])cc1OC. The fourth-order valence-corrected chi connectivity index (χ4v) is 2.77. The van der Waals surface area contributed by atoms with Crippen molar-refractivity contribution in [3.63, 3.8) is 0 Å². The number of benzene rings is 2. The summed E-state index contributed by atoms with van der Waals surface area (Å²) >= 11 is 0. The lowest BCUT2D eigenvalue weighted by Crippen LogP contribution is -1.98. The first kappa shape index (κ1) is 17.0. The fourth-order valence-electron chi connectivity index (χ4n) is 2.77. The number of aromatic nitrogens is 1. The number of para-hydroxylation sites is 1. The molecule has 0 fully saturated rings. The average Bonchev–Trinajstić information content (AvgIpc) is 3.07. The topological polar surface area (TPSA) is 101 Å². The van der Waals surface area contributed by atoms with Crippen LogP contribution in [0.4, 0.5) is 5.69 Å². The Bertz CT molecular complexity index is 1060. The molecule has 7 nitrogen and oxygen atoms in total. The minimum absolute atomic E-state index is 0.155. The van der Waals surface area contributed by atoms with E-state index >= 15 is 0 Å². The number of H-pyrrole nitrogens is 1. The molecule has 0 radical (unpaired) electrons. The molecule has 0 aliphatic carbocycles. The van der Waals surface area contributed by atoms with Crippen LogP contribution in [-0.2, 0) is 0 Å². The van der Waals surface area contributed by atoms with Crippen LogP contribution in [0.3, 0.4) is 0 Å². The molecule has 7 heteroatoms. The summed E-state index contributed by atoms with van der Waals surface area (Å²) in [5.41, 5.74) is 1.78. The molecule has 2 aromatic carbocycles. The van der Waals surface area contributed by atoms with Gasteiger partial charge in [0.05, 0.1) is 36.3 Å². The van der Waals surface area contributed by atoms with E-state index in [2.05, 4.69) is 11.1 Å². The molecule has 130 valence electrons. The third-order valence-electron chi connectivity index (χ3n) is 4.03. The van der Waals surface area contributed by atoms with Crippen LogP contribution in [0, 0.1) is 21.4 Å². The number of nitriles is 1. The molecule has 0 spiro atoms. The normalized spacial score (nSPS) is 11.2. The second-order valence-electron chi connectivity index (χ2n) is 5.44. The van der Waals surface area contributed by atoms with Crippen LogP contribution in [0.5, 0.6) is 11.5 Å². The van der Waals surface area contributed by atoms with Gasteiger partial charge in [0.25, 0.3) is 5.69 Å². The lowest BCUT2D eigenvalue weighted by Gasteiger charge is -2.10. The number of rotatable bonds is 5. The Morgan fingerprint density at radius 1 is 1.23 bits per heavy atom. The van der Waals surface area contributed by atoms with Gasteiger partial charge in [-0.2, -0.15) is 5.26 Å². The summed E-state index contributed by atoms with van der Waals surface area (Å²) in [7, 11) is 2.83. The molecular weight excluding hydrogens is 334 g/mol. The summed E-state index contributed by atoms with van der Waals surface area (Å²) in [4.78, 5) is 14.1. The van der Waals surface area contributed by atoms with Crippen LogP contribution in [0.1, 0.15) is 11.1 Å². The quantitative estimate of drug-likeness (QED) is 0.423. The van der Waals surface area contributed by atoms with Crippen LogP contribution < -0.4 is 9.47 Å². The zero-order valence-electron chi connectivity index (χ0n) is 14.1. The number of fused-ring (bicyclic) bond motifs is 1. The number of hydrogen-bond donors (Lipinski definition) is 1. The molecule has 0 bridgehead atoms. The minimum atomic E-state index is -0.544. The van der Waals surface area contributed by atoms with Crippen LogP contribution in [-0.4, -0.2) is 24.1 Å². The Kier molecular flexibility index (Phi) is 4.58. The average molecular weight is 349 g/mol. The Labute approximate surface area is 149 Å². The predicted octanol–water partition coefficient (Wildman–Crippen LogP) is 4.16. The van der Waals surface area contributed by atoms with Gasteiger partial charge in [0.1, 0.15) is 6.07 Å². The zero-order chi connectivity index (χ0) is 18.7. The van der Waals surface area contributed by atoms with Crippen molar-refractivity contribution in [1.29, 1.82) is 5.26 Å². The van der Waals surface area contributed by atoms with Crippen molar-refractivity contribution in [2.45, 2.75) is 0 Å². The van der Waals surface area contributed by atoms with Crippen molar-refractivity contribution >= 4 is 28.2 Å². The van der Waals surface area contributed by atoms with E-state index in [4.69, 9.17) is 9.47 Å². The summed E-state index contributed by atoms with van der Waals surface area (Å²) in [5, 5.41) is 22.0. The largest absolute Gasteiger partial charge is 0.493 e. The molecule has 1 N–H and O–H groups in total. The van der Waals surface area contributed by atoms with E-state index < -0.39 is 4.92 Å². The van der Waals surface area contributed by atoms with Crippen molar-refractivity contribution in [3.8, 4) is 17.6 Å². The van der Waals surface area contributed by atoms with E-state index in [0.717, 1.165) is 16.5 Å². The van der Waals surface area contributed by atoms with Crippen LogP contribution in [0.2, 0.25) is 0 Å². The molecule has 3 aromatic rings. The molecular formula is C19H15N3O4. The van der Waals surface area contributed by atoms with Crippen molar-refractivity contribution in [1.82, 2.24) is 4.98 Å². The van der Waals surface area contributed by atoms with E-state index in [-0.39, 0.29) is 22.6 Å². The van der Waals surface area contributed by atoms with Gasteiger partial charge in [-0.25, -0.2) is 0 Å². The molecule has 0 aliphatic rings. The maximum atomic E-state index is 11.5. The van der Waals surface area contributed by atoms with Gasteiger partial charge in [0.15, 0.2) is 11.5 Å². The summed E-state index contributed by atoms with van der Waals surface area (Å²) in [6.07, 6.45) is 3.38. The second kappa shape index (κ2) is 6.99. The Morgan fingerprint density at radius 3 is 2.58 bits per heavy atom. The Hall–Kier alpha value is -3.79. The number of nitrogens with zero attached hydrogens (tertiary/aromatic N) is 2. The van der Waals surface area contributed by atoms with Gasteiger partial charge < -0.3 is 14.5 Å². The molecule has 1 heterocycles. The molecule has 0 aliphatic heterocycles. The minimum Gasteiger partial charge on any atom is -0.493 e. The van der Waals surface area contributed by atoms with Gasteiger partial charge in [-0.05, 0) is 18.2 Å². The number of nitro groups is 1. The lowest BCUT2D eigenvalue weighted by molar-refractivity contribution is -0.385. The van der Waals surface area contributed by atoms with Crippen molar-refractivity contribution < 1.29 is 14.4 Å². The molecule has 0 atom stereocenters. The standard InChI is InChI=1S/C19H15N3O4/c1-25-18-8-15(17(22(23)24)9-19(18)26-2)12(10-20)7-13-11-21-16-6-4-3-5-14(13)16/h3-9,11,21H,1-2H3/b12-7+. The smallest absolute Gasteiger partial charge is 0.281 e. The van der Waals surface area contributed by atoms with Gasteiger partial charge in [0, 0.05) is 22.7 Å². The summed E-state index contributed by atoms with van der Waals surface area (Å²) in [5.74, 6) is 0.542. The Balaban J connectivity index is 2.22. The van der Waals surface area contributed by atoms with Crippen molar-refractivity contribution in [2.75, 3.05) is 14.2 Å². The highest BCUT2D eigenvalue weighted by molar-refractivity contribution is 5.99. The van der Waals surface area contributed by atoms with E-state index in [1.807, 2.05) is 24.3 Å². The van der Waals surface area contributed by atoms with Gasteiger partial charge >= 0.3 is 0 Å². The number of nitrogens with one attached hydrogen (secondary N) is 1. The fraction of sp³-hybridized carbons (Fsp3) is 0.105. The molecule has 26 heavy (non-hydrogen) atoms. The molecule has 1 aromatic heterocycles. The number of nitro benzene ring substituents is 1. The Morgan fingerprint density at radius 2 is 1.92 bits per heavy atom. The van der Waals surface area contributed by atoms with Crippen molar-refractivity contribution in [3.05, 3.63) is 63.8 Å². The van der Waals surface area contributed by atoms with Gasteiger partial charge in [0.2, 0.25) is 0 Å². The highest BCUT2D eigenvalue weighted by Crippen LogP contribution is 2.38. The summed E-state index contributed by atoms with van der Waals surface area (Å²) in [6, 6.07) is 12.4. The third kappa shape index (κ3) is 2.96. The molecule has 3 rings (SSSR count). The van der Waals surface area contributed by atoms with Gasteiger partial charge in [-0.3, -0.25) is 10.1 Å². The highest BCUT2D eigenvalue weighted by atomic mass is 16.6. The molecule has 0 unspecified atom stereocenters. The molecule has 0 saturated heterocycles. The van der Waals surface area contributed by atoms with E-state index in [1.54, 1.807) is 12.3 Å². The molecule has 0 saturated carbocycles. The maximum Gasteiger partial charge on any atom is 0.281 e. The first-order valence-electron chi connectivity index (χ1n) is 7.67.